The van der Waals surface area contributed by atoms with E-state index >= 15 is 0 Å². The van der Waals surface area contributed by atoms with Gasteiger partial charge in [0.1, 0.15) is 24.0 Å². The maximum absolute atomic E-state index is 14.2. The molecule has 1 heterocycles. The van der Waals surface area contributed by atoms with Gasteiger partial charge < -0.3 is 19.7 Å². The highest BCUT2D eigenvalue weighted by Gasteiger charge is 2.32. The zero-order valence-electron chi connectivity index (χ0n) is 22.6. The second kappa shape index (κ2) is 12.7. The Morgan fingerprint density at radius 3 is 2.27 bits per heavy atom. The molecule has 0 spiro atoms. The van der Waals surface area contributed by atoms with Gasteiger partial charge in [0.2, 0.25) is 5.91 Å². The van der Waals surface area contributed by atoms with Gasteiger partial charge in [-0.1, -0.05) is 13.8 Å². The number of halogens is 5. The Labute approximate surface area is 233 Å². The minimum Gasteiger partial charge on any atom is -0.488 e. The van der Waals surface area contributed by atoms with Crippen molar-refractivity contribution >= 4 is 17.6 Å². The Morgan fingerprint density at radius 2 is 1.66 bits per heavy atom. The van der Waals surface area contributed by atoms with Gasteiger partial charge in [0.25, 0.3) is 0 Å². The zero-order chi connectivity index (χ0) is 30.5. The maximum atomic E-state index is 14.2. The van der Waals surface area contributed by atoms with Crippen LogP contribution in [0.2, 0.25) is 0 Å². The van der Waals surface area contributed by atoms with Crippen molar-refractivity contribution in [3.8, 4) is 22.7 Å². The number of carboxylic acid groups (broad SMARTS) is 1. The third-order valence-corrected chi connectivity index (χ3v) is 5.80. The van der Waals surface area contributed by atoms with Crippen molar-refractivity contribution < 1.29 is 41.4 Å². The number of aryl methyl sites for hydroxylation is 1. The fourth-order valence-corrected chi connectivity index (χ4v) is 4.06. The van der Waals surface area contributed by atoms with Gasteiger partial charge in [0, 0.05) is 41.2 Å². The molecule has 0 saturated carbocycles. The van der Waals surface area contributed by atoms with Gasteiger partial charge in [-0.25, -0.2) is 13.6 Å². The molecule has 3 aromatic carbocycles. The third-order valence-electron chi connectivity index (χ3n) is 5.80. The van der Waals surface area contributed by atoms with Crippen LogP contribution in [-0.4, -0.2) is 21.6 Å². The van der Waals surface area contributed by atoms with Gasteiger partial charge in [-0.15, -0.1) is 0 Å². The molecule has 216 valence electrons. The first-order valence-electron chi connectivity index (χ1n) is 12.5. The number of hydrogen-bond donors (Lipinski definition) is 2. The molecule has 11 heteroatoms. The quantitative estimate of drug-likeness (QED) is 0.219. The van der Waals surface area contributed by atoms with E-state index in [1.165, 1.54) is 41.8 Å². The lowest BCUT2D eigenvalue weighted by molar-refractivity contribution is -0.137. The molecule has 1 amide bonds. The lowest BCUT2D eigenvalue weighted by Gasteiger charge is -2.19. The summed E-state index contributed by atoms with van der Waals surface area (Å²) in [5.41, 5.74) is 0.0146. The molecule has 0 atom stereocenters. The van der Waals surface area contributed by atoms with Crippen LogP contribution in [0.1, 0.15) is 48.0 Å². The van der Waals surface area contributed by atoms with Crippen molar-refractivity contribution in [3.63, 3.8) is 0 Å². The lowest BCUT2D eigenvalue weighted by Crippen LogP contribution is -2.10. The number of anilines is 1. The molecule has 0 aliphatic carbocycles. The molecule has 0 fully saturated rings. The summed E-state index contributed by atoms with van der Waals surface area (Å²) in [6, 6.07) is 12.9. The number of carboxylic acids is 1. The minimum absolute atomic E-state index is 0.0112. The third kappa shape index (κ3) is 7.30. The number of alkyl halides is 3. The summed E-state index contributed by atoms with van der Waals surface area (Å²) >= 11 is 0. The largest absolute Gasteiger partial charge is 0.488 e. The zero-order valence-corrected chi connectivity index (χ0v) is 22.6. The number of carbonyl (C=O) groups is 2. The van der Waals surface area contributed by atoms with Crippen molar-refractivity contribution in [2.24, 2.45) is 0 Å². The molecular weight excluding hydrogens is 547 g/mol. The molecule has 0 bridgehead atoms. The normalized spacial score (nSPS) is 11.0. The first-order valence-corrected chi connectivity index (χ1v) is 12.5. The summed E-state index contributed by atoms with van der Waals surface area (Å²) in [6.45, 7) is 6.51. The van der Waals surface area contributed by atoms with Gasteiger partial charge in [-0.2, -0.15) is 13.2 Å². The van der Waals surface area contributed by atoms with Crippen molar-refractivity contribution in [2.45, 2.75) is 40.5 Å². The molecule has 4 aromatic rings. The fourth-order valence-electron chi connectivity index (χ4n) is 4.06. The van der Waals surface area contributed by atoms with E-state index < -0.39 is 41.9 Å². The molecule has 0 unspecified atom stereocenters. The van der Waals surface area contributed by atoms with Crippen molar-refractivity contribution in [1.29, 1.82) is 0 Å². The number of rotatable bonds is 7. The van der Waals surface area contributed by atoms with Gasteiger partial charge in [0.15, 0.2) is 0 Å². The molecule has 4 rings (SSSR count). The first kappa shape index (κ1) is 30.9. The Morgan fingerprint density at radius 1 is 0.951 bits per heavy atom. The number of ether oxygens (including phenoxy) is 1. The number of aromatic carboxylic acids is 1. The SMILES string of the molecule is CC.CC(=O)Nc1cc(C(=O)O)cc(-n2c(C)ccc2-c2cc(C(F)(F)F)ccc2OCc2ccc(F)cc2F)c1. The number of amides is 1. The van der Waals surface area contributed by atoms with E-state index in [1.807, 2.05) is 13.8 Å². The number of nitrogens with zero attached hydrogens (tertiary/aromatic N) is 1. The fraction of sp³-hybridized carbons (Fsp3) is 0.200. The molecule has 0 aliphatic rings. The summed E-state index contributed by atoms with van der Waals surface area (Å²) in [5, 5.41) is 12.1. The molecule has 1 aromatic heterocycles. The molecular formula is C30H27F5N2O4. The van der Waals surface area contributed by atoms with Crippen molar-refractivity contribution in [3.05, 3.63) is 101 Å². The van der Waals surface area contributed by atoms with Gasteiger partial charge in [-0.05, 0) is 67.6 Å². The van der Waals surface area contributed by atoms with Crippen LogP contribution in [0, 0.1) is 18.6 Å². The van der Waals surface area contributed by atoms with Crippen LogP contribution >= 0.6 is 0 Å². The first-order chi connectivity index (χ1) is 19.3. The number of carbonyl (C=O) groups excluding carboxylic acids is 1. The van der Waals surface area contributed by atoms with E-state index in [4.69, 9.17) is 4.74 Å². The van der Waals surface area contributed by atoms with E-state index in [2.05, 4.69) is 5.32 Å². The Balaban J connectivity index is 0.00000226. The maximum Gasteiger partial charge on any atom is 0.416 e. The van der Waals surface area contributed by atoms with Crippen LogP contribution in [-0.2, 0) is 17.6 Å². The van der Waals surface area contributed by atoms with E-state index in [0.29, 0.717) is 11.8 Å². The topological polar surface area (TPSA) is 80.6 Å². The van der Waals surface area contributed by atoms with Crippen LogP contribution in [0.5, 0.6) is 5.75 Å². The predicted octanol–water partition coefficient (Wildman–Crippen LogP) is 8.01. The highest BCUT2D eigenvalue weighted by molar-refractivity contribution is 5.94. The molecule has 2 N–H and O–H groups in total. The summed E-state index contributed by atoms with van der Waals surface area (Å²) in [6.07, 6.45) is -4.69. The number of benzene rings is 3. The number of aromatic nitrogens is 1. The standard InChI is InChI=1S/C28H21F5N2O4.C2H6/c1-15-3-7-25(35(15)22-10-18(27(37)38)9-21(13-22)34-16(2)36)23-11-19(28(31,32)33)5-8-26(23)39-14-17-4-6-20(29)12-24(17)30;1-2/h3-13H,14H2,1-2H3,(H,34,36)(H,37,38);1-2H3. The van der Waals surface area contributed by atoms with Crippen molar-refractivity contribution in [1.82, 2.24) is 4.57 Å². The summed E-state index contributed by atoms with van der Waals surface area (Å²) in [7, 11) is 0. The van der Waals surface area contributed by atoms with Crippen LogP contribution < -0.4 is 10.1 Å². The average molecular weight is 575 g/mol. The van der Waals surface area contributed by atoms with E-state index in [1.54, 1.807) is 13.0 Å². The Kier molecular flexibility index (Phi) is 9.54. The van der Waals surface area contributed by atoms with Crippen LogP contribution in [0.15, 0.2) is 66.7 Å². The molecule has 41 heavy (non-hydrogen) atoms. The van der Waals surface area contributed by atoms with E-state index in [0.717, 1.165) is 24.3 Å². The lowest BCUT2D eigenvalue weighted by atomic mass is 10.1. The monoisotopic (exact) mass is 574 g/mol. The highest BCUT2D eigenvalue weighted by Crippen LogP contribution is 2.39. The highest BCUT2D eigenvalue weighted by atomic mass is 19.4. The second-order valence-electron chi connectivity index (χ2n) is 8.68. The van der Waals surface area contributed by atoms with Crippen LogP contribution in [0.25, 0.3) is 16.9 Å². The van der Waals surface area contributed by atoms with E-state index in [-0.39, 0.29) is 39.5 Å². The van der Waals surface area contributed by atoms with Crippen LogP contribution in [0.4, 0.5) is 27.6 Å². The average Bonchev–Trinajstić information content (AvgIpc) is 3.29. The summed E-state index contributed by atoms with van der Waals surface area (Å²) in [5.74, 6) is -3.42. The van der Waals surface area contributed by atoms with E-state index in [9.17, 15) is 36.6 Å². The summed E-state index contributed by atoms with van der Waals surface area (Å²) in [4.78, 5) is 23.4. The molecule has 0 aliphatic heterocycles. The predicted molar refractivity (Wildman–Crippen MR) is 144 cm³/mol. The molecule has 0 radical (unpaired) electrons. The number of hydrogen-bond acceptors (Lipinski definition) is 3. The van der Waals surface area contributed by atoms with Crippen molar-refractivity contribution in [2.75, 3.05) is 5.32 Å². The molecule has 0 saturated heterocycles. The Hall–Kier alpha value is -4.67. The number of nitrogens with one attached hydrogen (secondary N) is 1. The Bertz CT molecular complexity index is 1580. The van der Waals surface area contributed by atoms with Gasteiger partial charge in [0.05, 0.1) is 16.8 Å². The second-order valence-corrected chi connectivity index (χ2v) is 8.68. The molecule has 6 nitrogen and oxygen atoms in total. The van der Waals surface area contributed by atoms with Crippen LogP contribution in [0.3, 0.4) is 0 Å². The summed E-state index contributed by atoms with van der Waals surface area (Å²) < 4.78 is 75.7. The van der Waals surface area contributed by atoms with Gasteiger partial charge in [-0.3, -0.25) is 4.79 Å². The smallest absolute Gasteiger partial charge is 0.416 e. The minimum atomic E-state index is -4.69. The van der Waals surface area contributed by atoms with Gasteiger partial charge >= 0.3 is 12.1 Å².